The molecule has 2 aromatic heterocycles. The quantitative estimate of drug-likeness (QED) is 0.408. The van der Waals surface area contributed by atoms with Gasteiger partial charge in [0, 0.05) is 32.9 Å². The van der Waals surface area contributed by atoms with Gasteiger partial charge in [-0.1, -0.05) is 33.4 Å². The molecule has 1 fully saturated rings. The van der Waals surface area contributed by atoms with Crippen LogP contribution in [0.15, 0.2) is 31.1 Å². The number of likely N-dealkylation sites (tertiary alicyclic amines) is 1. The second-order valence-corrected chi connectivity index (χ2v) is 12.1. The standard InChI is InChI=1S/C31H42N8O3/c1-9-24(40)38-13-12-31(6,18(2)3)15-22(16-38)39-29-26(28(32)33-17-34-29)27(36-39)30(42)35-23-11-10-21(19(4)20(23)5)14-25(41)37(7)8/h9-11,17-18,22H,1,12-16H2,2-8H3,(H,35,42)(H2,32,33,34). The van der Waals surface area contributed by atoms with Crippen LogP contribution in [0.4, 0.5) is 11.5 Å². The zero-order chi connectivity index (χ0) is 30.9. The van der Waals surface area contributed by atoms with Crippen molar-refractivity contribution in [3.8, 4) is 0 Å². The van der Waals surface area contributed by atoms with Crippen LogP contribution in [0.2, 0.25) is 0 Å². The largest absolute Gasteiger partial charge is 0.383 e. The number of hydrogen-bond acceptors (Lipinski definition) is 7. The average molecular weight is 575 g/mol. The molecule has 1 aliphatic heterocycles. The van der Waals surface area contributed by atoms with E-state index in [1.165, 1.54) is 12.4 Å². The van der Waals surface area contributed by atoms with E-state index >= 15 is 0 Å². The molecule has 1 aliphatic rings. The fraction of sp³-hybridized carbons (Fsp3) is 0.484. The summed E-state index contributed by atoms with van der Waals surface area (Å²) in [6.45, 7) is 15.1. The second-order valence-electron chi connectivity index (χ2n) is 12.1. The summed E-state index contributed by atoms with van der Waals surface area (Å²) in [5.74, 6) is -0.0779. The van der Waals surface area contributed by atoms with E-state index in [0.29, 0.717) is 35.7 Å². The summed E-state index contributed by atoms with van der Waals surface area (Å²) >= 11 is 0. The van der Waals surface area contributed by atoms with E-state index in [2.05, 4.69) is 42.6 Å². The summed E-state index contributed by atoms with van der Waals surface area (Å²) in [6.07, 6.45) is 4.54. The highest BCUT2D eigenvalue weighted by atomic mass is 16.2. The van der Waals surface area contributed by atoms with Crippen molar-refractivity contribution in [1.29, 1.82) is 0 Å². The Morgan fingerprint density at radius 3 is 2.57 bits per heavy atom. The first-order chi connectivity index (χ1) is 19.8. The van der Waals surface area contributed by atoms with E-state index < -0.39 is 5.91 Å². The van der Waals surface area contributed by atoms with Crippen molar-refractivity contribution in [3.63, 3.8) is 0 Å². The predicted octanol–water partition coefficient (Wildman–Crippen LogP) is 3.92. The van der Waals surface area contributed by atoms with E-state index in [1.807, 2.05) is 19.9 Å². The molecule has 224 valence electrons. The third-order valence-corrected chi connectivity index (χ3v) is 9.03. The fourth-order valence-corrected chi connectivity index (χ4v) is 5.57. The molecule has 0 aliphatic carbocycles. The predicted molar refractivity (Wildman–Crippen MR) is 164 cm³/mol. The van der Waals surface area contributed by atoms with Gasteiger partial charge in [0.2, 0.25) is 11.8 Å². The number of amides is 3. The monoisotopic (exact) mass is 574 g/mol. The van der Waals surface area contributed by atoms with E-state index in [-0.39, 0.29) is 41.2 Å². The van der Waals surface area contributed by atoms with Gasteiger partial charge in [-0.15, -0.1) is 0 Å². The van der Waals surface area contributed by atoms with Crippen LogP contribution in [-0.2, 0) is 16.0 Å². The van der Waals surface area contributed by atoms with E-state index in [9.17, 15) is 14.4 Å². The topological polar surface area (TPSA) is 139 Å². The molecule has 1 aromatic carbocycles. The number of likely N-dealkylation sites (N-methyl/N-ethyl adjacent to an activating group) is 1. The first-order valence-corrected chi connectivity index (χ1v) is 14.3. The molecule has 1 saturated heterocycles. The SMILES string of the molecule is C=CC(=O)N1CCC(C)(C(C)C)CC(n2nc(C(=O)Nc3ccc(CC(=O)N(C)C)c(C)c3C)c3c(N)ncnc32)C1. The maximum absolute atomic E-state index is 13.8. The van der Waals surface area contributed by atoms with Crippen molar-refractivity contribution in [2.45, 2.75) is 59.9 Å². The molecule has 11 nitrogen and oxygen atoms in total. The fourth-order valence-electron chi connectivity index (χ4n) is 5.57. The Morgan fingerprint density at radius 2 is 1.93 bits per heavy atom. The Bertz CT molecular complexity index is 1540. The van der Waals surface area contributed by atoms with Crippen molar-refractivity contribution in [3.05, 3.63) is 53.5 Å². The lowest BCUT2D eigenvalue weighted by molar-refractivity contribution is -0.128. The number of nitrogens with one attached hydrogen (secondary N) is 1. The molecule has 2 unspecified atom stereocenters. The summed E-state index contributed by atoms with van der Waals surface area (Å²) < 4.78 is 1.74. The summed E-state index contributed by atoms with van der Waals surface area (Å²) in [5.41, 5.74) is 10.1. The molecule has 11 heteroatoms. The number of hydrogen-bond donors (Lipinski definition) is 2. The maximum Gasteiger partial charge on any atom is 0.277 e. The van der Waals surface area contributed by atoms with E-state index in [0.717, 1.165) is 29.5 Å². The molecule has 3 aromatic rings. The molecule has 3 heterocycles. The lowest BCUT2D eigenvalue weighted by Crippen LogP contribution is -2.34. The van der Waals surface area contributed by atoms with Crippen molar-refractivity contribution in [1.82, 2.24) is 29.5 Å². The van der Waals surface area contributed by atoms with Gasteiger partial charge >= 0.3 is 0 Å². The van der Waals surface area contributed by atoms with Gasteiger partial charge in [0.1, 0.15) is 12.1 Å². The van der Waals surface area contributed by atoms with Crippen LogP contribution in [-0.4, -0.2) is 74.5 Å². The Morgan fingerprint density at radius 1 is 1.21 bits per heavy atom. The molecule has 0 radical (unpaired) electrons. The number of nitrogens with two attached hydrogens (primary N) is 1. The van der Waals surface area contributed by atoms with Crippen LogP contribution >= 0.6 is 0 Å². The highest BCUT2D eigenvalue weighted by Gasteiger charge is 2.38. The van der Waals surface area contributed by atoms with Gasteiger partial charge in [0.25, 0.3) is 5.91 Å². The first kappa shape index (κ1) is 30.7. The van der Waals surface area contributed by atoms with Gasteiger partial charge in [0.15, 0.2) is 11.3 Å². The summed E-state index contributed by atoms with van der Waals surface area (Å²) in [6, 6.07) is 3.41. The minimum absolute atomic E-state index is 0.00204. The van der Waals surface area contributed by atoms with Crippen molar-refractivity contribution in [2.24, 2.45) is 11.3 Å². The van der Waals surface area contributed by atoms with E-state index in [4.69, 9.17) is 10.8 Å². The second kappa shape index (κ2) is 11.9. The summed E-state index contributed by atoms with van der Waals surface area (Å²) in [4.78, 5) is 50.8. The van der Waals surface area contributed by atoms with Crippen LogP contribution in [0.25, 0.3) is 11.0 Å². The third kappa shape index (κ3) is 5.86. The summed E-state index contributed by atoms with van der Waals surface area (Å²) in [5, 5.41) is 8.15. The van der Waals surface area contributed by atoms with Gasteiger partial charge in [0.05, 0.1) is 17.8 Å². The summed E-state index contributed by atoms with van der Waals surface area (Å²) in [7, 11) is 3.45. The maximum atomic E-state index is 13.8. The minimum Gasteiger partial charge on any atom is -0.383 e. The molecular weight excluding hydrogens is 532 g/mol. The Hall–Kier alpha value is -4.28. The molecule has 2 atom stereocenters. The van der Waals surface area contributed by atoms with Crippen molar-refractivity contribution in [2.75, 3.05) is 38.2 Å². The molecule has 3 N–H and O–H groups in total. The zero-order valence-corrected chi connectivity index (χ0v) is 25.7. The lowest BCUT2D eigenvalue weighted by Gasteiger charge is -2.34. The smallest absolute Gasteiger partial charge is 0.277 e. The average Bonchev–Trinajstić information content (AvgIpc) is 3.25. The lowest BCUT2D eigenvalue weighted by atomic mass is 9.72. The van der Waals surface area contributed by atoms with Gasteiger partial charge in [-0.3, -0.25) is 14.4 Å². The number of fused-ring (bicyclic) bond motifs is 1. The van der Waals surface area contributed by atoms with Crippen LogP contribution in [0, 0.1) is 25.2 Å². The van der Waals surface area contributed by atoms with Crippen LogP contribution < -0.4 is 11.1 Å². The molecule has 42 heavy (non-hydrogen) atoms. The Labute approximate surface area is 247 Å². The van der Waals surface area contributed by atoms with Gasteiger partial charge in [-0.25, -0.2) is 14.6 Å². The Kier molecular flexibility index (Phi) is 8.70. The van der Waals surface area contributed by atoms with E-state index in [1.54, 1.807) is 34.6 Å². The van der Waals surface area contributed by atoms with Gasteiger partial charge < -0.3 is 20.9 Å². The third-order valence-electron chi connectivity index (χ3n) is 9.03. The van der Waals surface area contributed by atoms with Crippen molar-refractivity contribution >= 4 is 40.3 Å². The van der Waals surface area contributed by atoms with Crippen molar-refractivity contribution < 1.29 is 14.4 Å². The number of anilines is 2. The van der Waals surface area contributed by atoms with Gasteiger partial charge in [-0.05, 0) is 66.9 Å². The highest BCUT2D eigenvalue weighted by Crippen LogP contribution is 2.42. The number of nitrogen functional groups attached to an aromatic ring is 1. The molecule has 3 amide bonds. The number of benzene rings is 1. The number of carbonyl (C=O) groups excluding carboxylic acids is 3. The minimum atomic E-state index is -0.445. The van der Waals surface area contributed by atoms with Crippen LogP contribution in [0.5, 0.6) is 0 Å². The molecular formula is C31H42N8O3. The molecule has 0 saturated carbocycles. The number of nitrogens with zero attached hydrogens (tertiary/aromatic N) is 6. The van der Waals surface area contributed by atoms with Crippen LogP contribution in [0.3, 0.4) is 0 Å². The number of aromatic nitrogens is 4. The normalized spacial score (nSPS) is 19.0. The van der Waals surface area contributed by atoms with Gasteiger partial charge in [-0.2, -0.15) is 5.10 Å². The molecule has 0 bridgehead atoms. The molecule has 0 spiro atoms. The van der Waals surface area contributed by atoms with Crippen LogP contribution in [0.1, 0.15) is 66.8 Å². The molecule has 4 rings (SSSR count). The highest BCUT2D eigenvalue weighted by molar-refractivity contribution is 6.13. The number of carbonyl (C=O) groups is 3. The Balaban J connectivity index is 1.74. The zero-order valence-electron chi connectivity index (χ0n) is 25.7. The number of rotatable bonds is 7. The first-order valence-electron chi connectivity index (χ1n) is 14.3.